The Balaban J connectivity index is 1.82. The molecule has 0 saturated carbocycles. The summed E-state index contributed by atoms with van der Waals surface area (Å²) in [7, 11) is 0. The maximum Gasteiger partial charge on any atom is 0.270 e. The first-order valence-corrected chi connectivity index (χ1v) is 8.33. The van der Waals surface area contributed by atoms with Crippen LogP contribution in [0.4, 0.5) is 11.4 Å². The van der Waals surface area contributed by atoms with Gasteiger partial charge in [0.25, 0.3) is 5.69 Å². The molecule has 3 atom stereocenters. The summed E-state index contributed by atoms with van der Waals surface area (Å²) in [5, 5.41) is 14.9. The Morgan fingerprint density at radius 3 is 2.62 bits per heavy atom. The minimum absolute atomic E-state index is 0.181. The van der Waals surface area contributed by atoms with Crippen LogP contribution in [0, 0.1) is 29.9 Å². The Morgan fingerprint density at radius 1 is 1.17 bits per heavy atom. The molecule has 0 aromatic heterocycles. The first-order valence-electron chi connectivity index (χ1n) is 8.33. The van der Waals surface area contributed by atoms with Gasteiger partial charge in [0.15, 0.2) is 0 Å². The number of allylic oxidation sites excluding steroid dienone is 2. The highest BCUT2D eigenvalue weighted by molar-refractivity contribution is 5.67. The van der Waals surface area contributed by atoms with Crippen molar-refractivity contribution in [3.63, 3.8) is 0 Å². The number of benzene rings is 2. The summed E-state index contributed by atoms with van der Waals surface area (Å²) >= 11 is 0. The summed E-state index contributed by atoms with van der Waals surface area (Å²) in [6.45, 7) is 4.04. The van der Waals surface area contributed by atoms with E-state index in [0.717, 1.165) is 23.2 Å². The van der Waals surface area contributed by atoms with Gasteiger partial charge in [0, 0.05) is 23.7 Å². The van der Waals surface area contributed by atoms with Gasteiger partial charge in [-0.1, -0.05) is 42.0 Å². The second-order valence-electron chi connectivity index (χ2n) is 6.87. The third-order valence-electron chi connectivity index (χ3n) is 5.30. The van der Waals surface area contributed by atoms with Crippen molar-refractivity contribution in [3.05, 3.63) is 80.9 Å². The van der Waals surface area contributed by atoms with Gasteiger partial charge in [-0.15, -0.1) is 0 Å². The Labute approximate surface area is 141 Å². The molecule has 122 valence electrons. The van der Waals surface area contributed by atoms with Crippen LogP contribution in [0.1, 0.15) is 40.6 Å². The van der Waals surface area contributed by atoms with E-state index in [9.17, 15) is 10.1 Å². The molecule has 1 aliphatic carbocycles. The molecule has 0 bridgehead atoms. The molecule has 0 radical (unpaired) electrons. The van der Waals surface area contributed by atoms with Crippen LogP contribution in [-0.4, -0.2) is 4.92 Å². The fourth-order valence-electron chi connectivity index (χ4n) is 4.08. The van der Waals surface area contributed by atoms with Crippen molar-refractivity contribution < 1.29 is 4.92 Å². The fourth-order valence-corrected chi connectivity index (χ4v) is 4.08. The second-order valence-corrected chi connectivity index (χ2v) is 6.87. The average Bonchev–Trinajstić information content (AvgIpc) is 3.05. The van der Waals surface area contributed by atoms with Crippen LogP contribution in [-0.2, 0) is 0 Å². The zero-order chi connectivity index (χ0) is 16.8. The number of rotatable bonds is 2. The van der Waals surface area contributed by atoms with Gasteiger partial charge in [0.2, 0.25) is 0 Å². The molecule has 0 unspecified atom stereocenters. The number of nitro groups is 1. The van der Waals surface area contributed by atoms with E-state index in [1.165, 1.54) is 11.1 Å². The lowest BCUT2D eigenvalue weighted by atomic mass is 9.76. The number of non-ortho nitro benzene ring substituents is 1. The molecule has 0 saturated heterocycles. The Kier molecular flexibility index (Phi) is 3.41. The molecule has 4 nitrogen and oxygen atoms in total. The zero-order valence-electron chi connectivity index (χ0n) is 13.8. The van der Waals surface area contributed by atoms with Crippen molar-refractivity contribution >= 4 is 11.4 Å². The van der Waals surface area contributed by atoms with Crippen LogP contribution < -0.4 is 5.32 Å². The number of nitrogens with zero attached hydrogens (tertiary/aromatic N) is 1. The molecular formula is C20H20N2O2. The van der Waals surface area contributed by atoms with Crippen LogP contribution >= 0.6 is 0 Å². The maximum atomic E-state index is 11.2. The van der Waals surface area contributed by atoms with Crippen molar-refractivity contribution in [1.82, 2.24) is 0 Å². The Hall–Kier alpha value is -2.62. The highest BCUT2D eigenvalue weighted by atomic mass is 16.6. The van der Waals surface area contributed by atoms with E-state index in [1.54, 1.807) is 12.1 Å². The lowest BCUT2D eigenvalue weighted by molar-refractivity contribution is -0.385. The summed E-state index contributed by atoms with van der Waals surface area (Å²) in [4.78, 5) is 10.9. The normalized spacial score (nSPS) is 24.2. The largest absolute Gasteiger partial charge is 0.377 e. The Bertz CT molecular complexity index is 839. The molecule has 24 heavy (non-hydrogen) atoms. The van der Waals surface area contributed by atoms with Gasteiger partial charge in [-0.05, 0) is 42.9 Å². The molecule has 0 spiro atoms. The van der Waals surface area contributed by atoms with E-state index in [4.69, 9.17) is 0 Å². The van der Waals surface area contributed by atoms with Crippen LogP contribution in [0.25, 0.3) is 0 Å². The molecule has 0 amide bonds. The summed E-state index contributed by atoms with van der Waals surface area (Å²) < 4.78 is 0. The van der Waals surface area contributed by atoms with E-state index in [2.05, 4.69) is 48.7 Å². The minimum Gasteiger partial charge on any atom is -0.377 e. The predicted octanol–water partition coefficient (Wildman–Crippen LogP) is 5.04. The number of anilines is 1. The van der Waals surface area contributed by atoms with E-state index in [-0.39, 0.29) is 22.6 Å². The van der Waals surface area contributed by atoms with E-state index in [1.807, 2.05) is 6.92 Å². The molecule has 4 heteroatoms. The second kappa shape index (κ2) is 5.48. The number of fused-ring (bicyclic) bond motifs is 3. The molecule has 1 N–H and O–H groups in total. The summed E-state index contributed by atoms with van der Waals surface area (Å²) in [6, 6.07) is 12.3. The third kappa shape index (κ3) is 2.30. The van der Waals surface area contributed by atoms with Crippen molar-refractivity contribution in [2.45, 2.75) is 32.2 Å². The first kappa shape index (κ1) is 14.9. The predicted molar refractivity (Wildman–Crippen MR) is 95.4 cm³/mol. The van der Waals surface area contributed by atoms with E-state index in [0.29, 0.717) is 5.92 Å². The first-order chi connectivity index (χ1) is 11.5. The SMILES string of the molecule is Cc1ccc([C@@H]2Nc3c(C)cc([N+](=O)[O-])cc3[C@@H]3C=CC[C@@H]32)cc1. The van der Waals surface area contributed by atoms with Gasteiger partial charge >= 0.3 is 0 Å². The van der Waals surface area contributed by atoms with E-state index >= 15 is 0 Å². The standard InChI is InChI=1S/C20H20N2O2/c1-12-6-8-14(9-7-12)20-17-5-3-4-16(17)18-11-15(22(23)24)10-13(2)19(18)21-20/h3-4,6-11,16-17,20-21H,5H2,1-2H3/t16-,17+,20+/m1/s1. The number of aryl methyl sites for hydroxylation is 2. The quantitative estimate of drug-likeness (QED) is 0.479. The molecule has 2 aliphatic rings. The fraction of sp³-hybridized carbons (Fsp3) is 0.300. The topological polar surface area (TPSA) is 55.2 Å². The molecule has 2 aromatic rings. The number of nitro benzene ring substituents is 1. The summed E-state index contributed by atoms with van der Waals surface area (Å²) in [5.74, 6) is 0.646. The maximum absolute atomic E-state index is 11.2. The molecule has 2 aromatic carbocycles. The molecule has 1 heterocycles. The highest BCUT2D eigenvalue weighted by Gasteiger charge is 2.39. The zero-order valence-corrected chi connectivity index (χ0v) is 13.8. The highest BCUT2D eigenvalue weighted by Crippen LogP contribution is 2.51. The molecule has 0 fully saturated rings. The van der Waals surface area contributed by atoms with Gasteiger partial charge < -0.3 is 5.32 Å². The van der Waals surface area contributed by atoms with Crippen LogP contribution in [0.3, 0.4) is 0 Å². The van der Waals surface area contributed by atoms with Crippen LogP contribution in [0.5, 0.6) is 0 Å². The lowest BCUT2D eigenvalue weighted by Gasteiger charge is -2.38. The van der Waals surface area contributed by atoms with Gasteiger partial charge in [-0.3, -0.25) is 10.1 Å². The summed E-state index contributed by atoms with van der Waals surface area (Å²) in [5.41, 5.74) is 5.77. The lowest BCUT2D eigenvalue weighted by Crippen LogP contribution is -2.29. The van der Waals surface area contributed by atoms with Crippen molar-refractivity contribution in [3.8, 4) is 0 Å². The molecule has 4 rings (SSSR count). The van der Waals surface area contributed by atoms with Crippen molar-refractivity contribution in [1.29, 1.82) is 0 Å². The van der Waals surface area contributed by atoms with E-state index < -0.39 is 0 Å². The minimum atomic E-state index is -0.299. The smallest absolute Gasteiger partial charge is 0.270 e. The molecule has 1 aliphatic heterocycles. The number of nitrogens with one attached hydrogen (secondary N) is 1. The van der Waals surface area contributed by atoms with Gasteiger partial charge in [-0.25, -0.2) is 0 Å². The van der Waals surface area contributed by atoms with Crippen LogP contribution in [0.2, 0.25) is 0 Å². The summed E-state index contributed by atoms with van der Waals surface area (Å²) in [6.07, 6.45) is 5.42. The van der Waals surface area contributed by atoms with Crippen LogP contribution in [0.15, 0.2) is 48.6 Å². The van der Waals surface area contributed by atoms with Gasteiger partial charge in [-0.2, -0.15) is 0 Å². The van der Waals surface area contributed by atoms with Crippen molar-refractivity contribution in [2.75, 3.05) is 5.32 Å². The monoisotopic (exact) mass is 320 g/mol. The van der Waals surface area contributed by atoms with Gasteiger partial charge in [0.1, 0.15) is 0 Å². The van der Waals surface area contributed by atoms with Gasteiger partial charge in [0.05, 0.1) is 11.0 Å². The van der Waals surface area contributed by atoms with Crippen molar-refractivity contribution in [2.24, 2.45) is 5.92 Å². The average molecular weight is 320 g/mol. The number of hydrogen-bond acceptors (Lipinski definition) is 3. The molecular weight excluding hydrogens is 300 g/mol. The number of hydrogen-bond donors (Lipinski definition) is 1. The third-order valence-corrected chi connectivity index (χ3v) is 5.30. The Morgan fingerprint density at radius 2 is 1.92 bits per heavy atom.